The Bertz CT molecular complexity index is 453. The van der Waals surface area contributed by atoms with Crippen molar-refractivity contribution in [3.05, 3.63) is 41.6 Å². The highest BCUT2D eigenvalue weighted by atomic mass is 32.2. The van der Waals surface area contributed by atoms with E-state index in [4.69, 9.17) is 0 Å². The van der Waals surface area contributed by atoms with Crippen molar-refractivity contribution in [2.45, 2.75) is 11.5 Å². The summed E-state index contributed by atoms with van der Waals surface area (Å²) < 4.78 is 11.3. The summed E-state index contributed by atoms with van der Waals surface area (Å²) in [6.45, 7) is 0. The van der Waals surface area contributed by atoms with Gasteiger partial charge in [0.25, 0.3) is 0 Å². The Kier molecular flexibility index (Phi) is 1.75. The van der Waals surface area contributed by atoms with E-state index in [0.29, 0.717) is 11.5 Å². The van der Waals surface area contributed by atoms with Crippen molar-refractivity contribution >= 4 is 22.1 Å². The molecule has 70 valence electrons. The normalized spacial score (nSPS) is 19.9. The molecule has 2 heterocycles. The minimum absolute atomic E-state index is 0.625. The number of nitrogens with zero attached hydrogens (tertiary/aromatic N) is 1. The SMILES string of the molecule is [O-][S+]1Cc2cc3ccccc3nc2C1. The molecular weight excluding hydrogens is 194 g/mol. The van der Waals surface area contributed by atoms with Gasteiger partial charge in [0.15, 0.2) is 0 Å². The summed E-state index contributed by atoms with van der Waals surface area (Å²) in [6.07, 6.45) is 0. The van der Waals surface area contributed by atoms with E-state index >= 15 is 0 Å². The van der Waals surface area contributed by atoms with Crippen molar-refractivity contribution in [2.75, 3.05) is 0 Å². The van der Waals surface area contributed by atoms with Gasteiger partial charge in [-0.2, -0.15) is 0 Å². The molecule has 1 aliphatic heterocycles. The lowest BCUT2D eigenvalue weighted by Gasteiger charge is -1.98. The van der Waals surface area contributed by atoms with Gasteiger partial charge < -0.3 is 4.55 Å². The number of pyridine rings is 1. The lowest BCUT2D eigenvalue weighted by molar-refractivity contribution is 0.596. The maximum atomic E-state index is 11.3. The predicted octanol–water partition coefficient (Wildman–Crippen LogP) is 2.00. The summed E-state index contributed by atoms with van der Waals surface area (Å²) in [4.78, 5) is 4.51. The topological polar surface area (TPSA) is 36.0 Å². The van der Waals surface area contributed by atoms with Crippen molar-refractivity contribution in [1.29, 1.82) is 0 Å². The van der Waals surface area contributed by atoms with Crippen LogP contribution in [0, 0.1) is 0 Å². The van der Waals surface area contributed by atoms with Crippen molar-refractivity contribution in [2.24, 2.45) is 0 Å². The minimum atomic E-state index is -0.730. The van der Waals surface area contributed by atoms with Crippen LogP contribution in [0.4, 0.5) is 0 Å². The van der Waals surface area contributed by atoms with E-state index in [0.717, 1.165) is 22.2 Å². The second-order valence-corrected chi connectivity index (χ2v) is 4.97. The Labute approximate surface area is 85.2 Å². The quantitative estimate of drug-likeness (QED) is 0.614. The molecule has 14 heavy (non-hydrogen) atoms. The first kappa shape index (κ1) is 8.26. The van der Waals surface area contributed by atoms with Crippen molar-refractivity contribution < 1.29 is 4.55 Å². The fourth-order valence-corrected chi connectivity index (χ4v) is 3.08. The minimum Gasteiger partial charge on any atom is -0.616 e. The van der Waals surface area contributed by atoms with E-state index in [-0.39, 0.29) is 0 Å². The molecule has 0 fully saturated rings. The molecule has 0 saturated heterocycles. The van der Waals surface area contributed by atoms with E-state index in [1.807, 2.05) is 24.3 Å². The van der Waals surface area contributed by atoms with Gasteiger partial charge in [-0.3, -0.25) is 0 Å². The Morgan fingerprint density at radius 2 is 2.07 bits per heavy atom. The molecule has 1 unspecified atom stereocenters. The molecule has 0 N–H and O–H groups in total. The molecule has 0 radical (unpaired) electrons. The molecule has 1 aromatic carbocycles. The van der Waals surface area contributed by atoms with Crippen molar-refractivity contribution in [1.82, 2.24) is 4.98 Å². The summed E-state index contributed by atoms with van der Waals surface area (Å²) >= 11 is -0.730. The van der Waals surface area contributed by atoms with Gasteiger partial charge in [-0.05, 0) is 23.3 Å². The molecule has 0 spiro atoms. The average Bonchev–Trinajstić information content (AvgIpc) is 2.53. The number of benzene rings is 1. The summed E-state index contributed by atoms with van der Waals surface area (Å²) in [5.74, 6) is 1.30. The Balaban J connectivity index is 2.27. The average molecular weight is 203 g/mol. The Morgan fingerprint density at radius 3 is 3.00 bits per heavy atom. The number of aromatic nitrogens is 1. The molecule has 0 saturated carbocycles. The number of para-hydroxylation sites is 1. The third-order valence-corrected chi connectivity index (χ3v) is 3.74. The summed E-state index contributed by atoms with van der Waals surface area (Å²) in [5.41, 5.74) is 3.18. The van der Waals surface area contributed by atoms with Gasteiger partial charge >= 0.3 is 0 Å². The number of hydrogen-bond acceptors (Lipinski definition) is 2. The van der Waals surface area contributed by atoms with Gasteiger partial charge in [0.05, 0.1) is 11.2 Å². The van der Waals surface area contributed by atoms with E-state index in [1.54, 1.807) is 0 Å². The number of fused-ring (bicyclic) bond motifs is 2. The van der Waals surface area contributed by atoms with Gasteiger partial charge in [-0.25, -0.2) is 4.98 Å². The molecule has 0 aliphatic carbocycles. The highest BCUT2D eigenvalue weighted by molar-refractivity contribution is 7.90. The predicted molar refractivity (Wildman–Crippen MR) is 57.3 cm³/mol. The zero-order chi connectivity index (χ0) is 9.54. The zero-order valence-electron chi connectivity index (χ0n) is 7.56. The Hall–Kier alpha value is -1.06. The van der Waals surface area contributed by atoms with Crippen LogP contribution >= 0.6 is 0 Å². The molecule has 2 nitrogen and oxygen atoms in total. The summed E-state index contributed by atoms with van der Waals surface area (Å²) in [6, 6.07) is 10.1. The standard InChI is InChI=1S/C11H9NOS/c13-14-6-9-5-8-3-1-2-4-10(8)12-11(9)7-14/h1-5H,6-7H2. The first-order chi connectivity index (χ1) is 6.83. The molecule has 1 atom stereocenters. The van der Waals surface area contributed by atoms with Crippen LogP contribution in [0.2, 0.25) is 0 Å². The fourth-order valence-electron chi connectivity index (χ4n) is 1.83. The molecule has 1 aromatic heterocycles. The van der Waals surface area contributed by atoms with Crippen LogP contribution in [-0.4, -0.2) is 9.54 Å². The lowest BCUT2D eigenvalue weighted by Crippen LogP contribution is -1.95. The van der Waals surface area contributed by atoms with Crippen LogP contribution in [-0.2, 0) is 22.7 Å². The third-order valence-electron chi connectivity index (χ3n) is 2.51. The lowest BCUT2D eigenvalue weighted by atomic mass is 10.1. The highest BCUT2D eigenvalue weighted by Crippen LogP contribution is 2.26. The zero-order valence-corrected chi connectivity index (χ0v) is 8.38. The molecule has 0 bridgehead atoms. The number of hydrogen-bond donors (Lipinski definition) is 0. The maximum absolute atomic E-state index is 11.3. The smallest absolute Gasteiger partial charge is 0.148 e. The van der Waals surface area contributed by atoms with Crippen molar-refractivity contribution in [3.63, 3.8) is 0 Å². The largest absolute Gasteiger partial charge is 0.616 e. The van der Waals surface area contributed by atoms with Gasteiger partial charge in [-0.15, -0.1) is 0 Å². The van der Waals surface area contributed by atoms with Crippen LogP contribution < -0.4 is 0 Å². The second-order valence-electron chi connectivity index (χ2n) is 3.52. The molecule has 3 heteroatoms. The van der Waals surface area contributed by atoms with Crippen LogP contribution in [0.15, 0.2) is 30.3 Å². The molecular formula is C11H9NOS. The van der Waals surface area contributed by atoms with E-state index in [2.05, 4.69) is 11.1 Å². The van der Waals surface area contributed by atoms with Gasteiger partial charge in [0.2, 0.25) is 0 Å². The maximum Gasteiger partial charge on any atom is 0.148 e. The van der Waals surface area contributed by atoms with Crippen LogP contribution in [0.25, 0.3) is 10.9 Å². The van der Waals surface area contributed by atoms with Gasteiger partial charge in [0, 0.05) is 10.9 Å². The third kappa shape index (κ3) is 1.21. The monoisotopic (exact) mass is 203 g/mol. The number of rotatable bonds is 0. The summed E-state index contributed by atoms with van der Waals surface area (Å²) in [7, 11) is 0. The fraction of sp³-hybridized carbons (Fsp3) is 0.182. The molecule has 1 aliphatic rings. The first-order valence-electron chi connectivity index (χ1n) is 4.55. The van der Waals surface area contributed by atoms with E-state index in [1.165, 1.54) is 0 Å². The Morgan fingerprint density at radius 1 is 1.21 bits per heavy atom. The van der Waals surface area contributed by atoms with Gasteiger partial charge in [-0.1, -0.05) is 18.2 Å². The summed E-state index contributed by atoms with van der Waals surface area (Å²) in [5, 5.41) is 1.14. The van der Waals surface area contributed by atoms with Crippen LogP contribution in [0.1, 0.15) is 11.3 Å². The molecule has 0 amide bonds. The highest BCUT2D eigenvalue weighted by Gasteiger charge is 2.23. The van der Waals surface area contributed by atoms with E-state index in [9.17, 15) is 4.55 Å². The van der Waals surface area contributed by atoms with E-state index < -0.39 is 11.2 Å². The molecule has 3 rings (SSSR count). The second kappa shape index (κ2) is 2.97. The van der Waals surface area contributed by atoms with Crippen LogP contribution in [0.3, 0.4) is 0 Å². The van der Waals surface area contributed by atoms with Crippen molar-refractivity contribution in [3.8, 4) is 0 Å². The molecule has 2 aromatic rings. The van der Waals surface area contributed by atoms with Gasteiger partial charge in [0.1, 0.15) is 11.5 Å². The van der Waals surface area contributed by atoms with Crippen LogP contribution in [0.5, 0.6) is 0 Å². The first-order valence-corrected chi connectivity index (χ1v) is 6.04.